The highest BCUT2D eigenvalue weighted by Crippen LogP contribution is 1.95. The second kappa shape index (κ2) is 7.75. The molecular formula is C10H16O5. The molecule has 0 heterocycles. The third-order valence-electron chi connectivity index (χ3n) is 1.55. The van der Waals surface area contributed by atoms with Crippen molar-refractivity contribution < 1.29 is 24.9 Å². The topological polar surface area (TPSA) is 94.8 Å². The second-order valence-corrected chi connectivity index (χ2v) is 2.78. The largest absolute Gasteiger partial charge is 0.478 e. The van der Waals surface area contributed by atoms with E-state index in [2.05, 4.69) is 6.58 Å². The van der Waals surface area contributed by atoms with Crippen LogP contribution in [0.25, 0.3) is 0 Å². The van der Waals surface area contributed by atoms with Crippen LogP contribution in [0.4, 0.5) is 0 Å². The minimum absolute atomic E-state index is 0.176. The van der Waals surface area contributed by atoms with Gasteiger partial charge in [-0.3, -0.25) is 0 Å². The lowest BCUT2D eigenvalue weighted by Gasteiger charge is -1.99. The predicted octanol–water partition coefficient (Wildman–Crippen LogP) is 1.05. The Morgan fingerprint density at radius 1 is 1.27 bits per heavy atom. The summed E-state index contributed by atoms with van der Waals surface area (Å²) in [6.45, 7) is 7.72. The van der Waals surface area contributed by atoms with E-state index in [9.17, 15) is 9.59 Å². The van der Waals surface area contributed by atoms with Crippen LogP contribution in [-0.2, 0) is 9.59 Å². The molecule has 0 spiro atoms. The van der Waals surface area contributed by atoms with Crippen LogP contribution in [0.15, 0.2) is 23.8 Å². The number of hydrogen-bond donors (Lipinski definition) is 3. The molecule has 1 unspecified atom stereocenters. The first kappa shape index (κ1) is 15.8. The molecule has 0 aromatic rings. The Hall–Kier alpha value is -1.62. The Morgan fingerprint density at radius 3 is 1.67 bits per heavy atom. The van der Waals surface area contributed by atoms with Gasteiger partial charge < -0.3 is 15.3 Å². The number of aliphatic hydroxyl groups excluding tert-OH is 1. The van der Waals surface area contributed by atoms with E-state index in [1.165, 1.54) is 6.92 Å². The van der Waals surface area contributed by atoms with E-state index in [0.29, 0.717) is 5.57 Å². The summed E-state index contributed by atoms with van der Waals surface area (Å²) in [4.78, 5) is 19.7. The molecule has 0 aromatic heterocycles. The summed E-state index contributed by atoms with van der Waals surface area (Å²) in [6.07, 6.45) is 0.606. The van der Waals surface area contributed by atoms with Gasteiger partial charge >= 0.3 is 11.9 Å². The van der Waals surface area contributed by atoms with Gasteiger partial charge in [-0.05, 0) is 20.8 Å². The summed E-state index contributed by atoms with van der Waals surface area (Å²) in [5.41, 5.74) is 0.213. The van der Waals surface area contributed by atoms with Gasteiger partial charge in [0.25, 0.3) is 0 Å². The van der Waals surface area contributed by atoms with Gasteiger partial charge in [0.2, 0.25) is 0 Å². The van der Waals surface area contributed by atoms with Gasteiger partial charge in [-0.15, -0.1) is 0 Å². The van der Waals surface area contributed by atoms with Crippen LogP contribution < -0.4 is 0 Å². The van der Waals surface area contributed by atoms with Crippen molar-refractivity contribution in [2.75, 3.05) is 0 Å². The van der Waals surface area contributed by atoms with Gasteiger partial charge in [-0.25, -0.2) is 9.59 Å². The van der Waals surface area contributed by atoms with Crippen LogP contribution in [0, 0.1) is 0 Å². The van der Waals surface area contributed by atoms with Crippen LogP contribution in [0.3, 0.4) is 0 Å². The molecule has 5 heteroatoms. The molecule has 3 N–H and O–H groups in total. The molecule has 0 radical (unpaired) electrons. The maximum absolute atomic E-state index is 9.88. The summed E-state index contributed by atoms with van der Waals surface area (Å²) in [7, 11) is 0. The highest BCUT2D eigenvalue weighted by atomic mass is 16.4. The molecule has 86 valence electrons. The van der Waals surface area contributed by atoms with Gasteiger partial charge in [0.15, 0.2) is 0 Å². The van der Waals surface area contributed by atoms with Crippen molar-refractivity contribution in [2.24, 2.45) is 0 Å². The van der Waals surface area contributed by atoms with Gasteiger partial charge in [-0.1, -0.05) is 12.7 Å². The Bertz CT molecular complexity index is 276. The maximum Gasteiger partial charge on any atom is 0.333 e. The van der Waals surface area contributed by atoms with E-state index >= 15 is 0 Å². The minimum atomic E-state index is -1.15. The maximum atomic E-state index is 9.88. The van der Waals surface area contributed by atoms with Gasteiger partial charge in [0, 0.05) is 5.57 Å². The summed E-state index contributed by atoms with van der Waals surface area (Å²) in [5.74, 6) is -2.00. The van der Waals surface area contributed by atoms with E-state index in [0.717, 1.165) is 0 Å². The first-order valence-electron chi connectivity index (χ1n) is 4.20. The fraction of sp³-hybridized carbons (Fsp3) is 0.400. The normalized spacial score (nSPS) is 12.1. The first-order valence-corrected chi connectivity index (χ1v) is 4.20. The van der Waals surface area contributed by atoms with E-state index in [4.69, 9.17) is 15.3 Å². The molecule has 0 aliphatic heterocycles. The number of carboxylic acid groups (broad SMARTS) is 2. The fourth-order valence-corrected chi connectivity index (χ4v) is 0.302. The molecule has 0 rings (SSSR count). The van der Waals surface area contributed by atoms with Crippen LogP contribution in [0.1, 0.15) is 20.8 Å². The summed E-state index contributed by atoms with van der Waals surface area (Å²) in [5, 5.41) is 24.7. The van der Waals surface area contributed by atoms with Crippen molar-refractivity contribution in [3.05, 3.63) is 23.8 Å². The third kappa shape index (κ3) is 8.70. The molecule has 0 aromatic carbocycles. The molecule has 0 aliphatic carbocycles. The van der Waals surface area contributed by atoms with Crippen molar-refractivity contribution in [1.29, 1.82) is 0 Å². The molecule has 0 bridgehead atoms. The SMILES string of the molecule is C/C=C(\C)C(=O)O.C=C(C(=O)O)C(C)O. The lowest BCUT2D eigenvalue weighted by Crippen LogP contribution is -2.11. The fourth-order valence-electron chi connectivity index (χ4n) is 0.302. The highest BCUT2D eigenvalue weighted by Gasteiger charge is 2.08. The predicted molar refractivity (Wildman–Crippen MR) is 55.5 cm³/mol. The summed E-state index contributed by atoms with van der Waals surface area (Å²) >= 11 is 0. The summed E-state index contributed by atoms with van der Waals surface area (Å²) < 4.78 is 0. The molecule has 5 nitrogen and oxygen atoms in total. The first-order chi connectivity index (χ1) is 6.73. The standard InChI is InChI=1S/C5H8O3.C5H8O2/c1-3(4(2)6)5(7)8;1-3-4(2)5(6)7/h4,6H,1H2,2H3,(H,7,8);3H,1-2H3,(H,6,7)/b;4-3+. The zero-order valence-corrected chi connectivity index (χ0v) is 9.02. The van der Waals surface area contributed by atoms with Gasteiger partial charge in [0.05, 0.1) is 11.7 Å². The van der Waals surface area contributed by atoms with E-state index < -0.39 is 18.0 Å². The Labute approximate surface area is 88.4 Å². The van der Waals surface area contributed by atoms with Crippen molar-refractivity contribution >= 4 is 11.9 Å². The molecule has 0 fully saturated rings. The summed E-state index contributed by atoms with van der Waals surface area (Å²) in [6, 6.07) is 0. The lowest BCUT2D eigenvalue weighted by molar-refractivity contribution is -0.134. The van der Waals surface area contributed by atoms with Crippen molar-refractivity contribution in [3.63, 3.8) is 0 Å². The average Bonchev–Trinajstić information content (AvgIpc) is 2.15. The average molecular weight is 216 g/mol. The van der Waals surface area contributed by atoms with Crippen LogP contribution in [-0.4, -0.2) is 33.4 Å². The molecule has 1 atom stereocenters. The number of aliphatic hydroxyl groups is 1. The zero-order valence-electron chi connectivity index (χ0n) is 9.02. The number of aliphatic carboxylic acids is 2. The Morgan fingerprint density at radius 2 is 1.67 bits per heavy atom. The smallest absolute Gasteiger partial charge is 0.333 e. The number of hydrogen-bond acceptors (Lipinski definition) is 3. The molecule has 0 saturated carbocycles. The quantitative estimate of drug-likeness (QED) is 0.613. The molecule has 0 saturated heterocycles. The van der Waals surface area contributed by atoms with Crippen molar-refractivity contribution in [2.45, 2.75) is 26.9 Å². The third-order valence-corrected chi connectivity index (χ3v) is 1.55. The number of rotatable bonds is 3. The van der Waals surface area contributed by atoms with E-state index in [1.54, 1.807) is 19.9 Å². The highest BCUT2D eigenvalue weighted by molar-refractivity contribution is 5.86. The van der Waals surface area contributed by atoms with Gasteiger partial charge in [0.1, 0.15) is 0 Å². The number of carbonyl (C=O) groups is 2. The Kier molecular flexibility index (Phi) is 8.18. The van der Waals surface area contributed by atoms with Crippen molar-refractivity contribution in [3.8, 4) is 0 Å². The monoisotopic (exact) mass is 216 g/mol. The second-order valence-electron chi connectivity index (χ2n) is 2.78. The van der Waals surface area contributed by atoms with Crippen molar-refractivity contribution in [1.82, 2.24) is 0 Å². The van der Waals surface area contributed by atoms with Crippen LogP contribution in [0.2, 0.25) is 0 Å². The van der Waals surface area contributed by atoms with Gasteiger partial charge in [-0.2, -0.15) is 0 Å². The zero-order chi connectivity index (χ0) is 12.6. The number of allylic oxidation sites excluding steroid dienone is 1. The molecule has 0 amide bonds. The van der Waals surface area contributed by atoms with E-state index in [-0.39, 0.29) is 5.57 Å². The molecular weight excluding hydrogens is 200 g/mol. The molecule has 0 aliphatic rings. The Balaban J connectivity index is 0. The van der Waals surface area contributed by atoms with E-state index in [1.807, 2.05) is 0 Å². The lowest BCUT2D eigenvalue weighted by atomic mass is 10.2. The van der Waals surface area contributed by atoms with Crippen LogP contribution in [0.5, 0.6) is 0 Å². The minimum Gasteiger partial charge on any atom is -0.478 e. The molecule has 15 heavy (non-hydrogen) atoms. The number of carboxylic acids is 2. The van der Waals surface area contributed by atoms with Crippen LogP contribution >= 0.6 is 0 Å².